The van der Waals surface area contributed by atoms with Crippen molar-refractivity contribution in [3.63, 3.8) is 0 Å². The Labute approximate surface area is 509 Å². The topological polar surface area (TPSA) is 315 Å². The fourth-order valence-corrected chi connectivity index (χ4v) is 14.3. The molecule has 9 heterocycles. The first-order valence-electron chi connectivity index (χ1n) is 26.1. The van der Waals surface area contributed by atoms with E-state index in [-0.39, 0.29) is 48.3 Å². The van der Waals surface area contributed by atoms with E-state index >= 15 is 0 Å². The number of nitrogens with zero attached hydrogens (tertiary/aromatic N) is 9. The Morgan fingerprint density at radius 1 is 0.729 bits per heavy atom. The van der Waals surface area contributed by atoms with Crippen LogP contribution >= 0.6 is 68.0 Å². The Morgan fingerprint density at radius 2 is 1.46 bits per heavy atom. The fourth-order valence-electron chi connectivity index (χ4n) is 8.75. The van der Waals surface area contributed by atoms with Crippen molar-refractivity contribution < 1.29 is 47.8 Å². The first-order chi connectivity index (χ1) is 41.0. The van der Waals surface area contributed by atoms with E-state index in [2.05, 4.69) is 31.6 Å². The lowest BCUT2D eigenvalue weighted by atomic mass is 10.0. The molecule has 5 N–H and O–H groups in total. The average Bonchev–Trinajstić information content (AvgIpc) is 3.98. The Hall–Kier alpha value is -8.39. The van der Waals surface area contributed by atoms with Gasteiger partial charge in [0.05, 0.1) is 48.8 Å². The molecule has 1 aliphatic rings. The number of methoxy groups -OCH3 is 1. The van der Waals surface area contributed by atoms with Gasteiger partial charge < -0.3 is 40.8 Å². The molecule has 85 heavy (non-hydrogen) atoms. The third kappa shape index (κ3) is 13.4. The molecule has 24 nitrogen and oxygen atoms in total. The summed E-state index contributed by atoms with van der Waals surface area (Å²) in [5.41, 5.74) is 2.94. The molecular formula is C55H52N14O10S6. The van der Waals surface area contributed by atoms with Crippen LogP contribution in [0.2, 0.25) is 0 Å². The van der Waals surface area contributed by atoms with E-state index in [9.17, 15) is 33.6 Å². The normalized spacial score (nSPS) is 16.2. The Kier molecular flexibility index (Phi) is 18.5. The van der Waals surface area contributed by atoms with Crippen LogP contribution in [0.1, 0.15) is 131 Å². The van der Waals surface area contributed by atoms with Crippen LogP contribution in [0.25, 0.3) is 49.2 Å². The number of carbonyl (C=O) groups excluding carboxylic acids is 7. The molecule has 4 atom stereocenters. The number of hydrogen-bond donors (Lipinski definition) is 5. The van der Waals surface area contributed by atoms with Crippen molar-refractivity contribution >= 4 is 109 Å². The number of thiazole rings is 6. The standard InChI is InChI=1S/C55H52N14O10S6/c1-8-78-55(76)32-18-69(24-58-32)37-23-83-50(64-37)30-15-14-29-42(59-30)33-20-81-51(61-33)35-22-82-53(63-35)44(45(79-27(5)70)28-12-10-9-11-13-28)65-39(72)17-57-47(74)43-36(19-77-7)85-54(68-43)40(25(2)3)66-48(75)41-26(4)84-52(67-41)31(16-38(71)56-6)60-46(73)34-21-80-49(29)62-34/h9-15,18,20-25,31,40,44-45H,8,16-17,19H2,1-7H3,(H,56,71)(H,57,74)(H,60,73)(H,65,72)(H,66,75)/t31-,40+,44-,45-/m0/s1. The van der Waals surface area contributed by atoms with Gasteiger partial charge in [-0.25, -0.2) is 44.7 Å². The van der Waals surface area contributed by atoms with Gasteiger partial charge >= 0.3 is 11.9 Å². The van der Waals surface area contributed by atoms with Crippen LogP contribution in [0.4, 0.5) is 0 Å². The number of pyridine rings is 1. The lowest BCUT2D eigenvalue weighted by molar-refractivity contribution is -0.149. The quantitative estimate of drug-likeness (QED) is 0.0719. The van der Waals surface area contributed by atoms with Crippen molar-refractivity contribution in [3.8, 4) is 49.2 Å². The maximum absolute atomic E-state index is 14.3. The summed E-state index contributed by atoms with van der Waals surface area (Å²) >= 11 is 7.26. The lowest BCUT2D eigenvalue weighted by Gasteiger charge is -2.26. The molecule has 10 bridgehead atoms. The van der Waals surface area contributed by atoms with E-state index in [0.717, 1.165) is 22.7 Å². The first kappa shape index (κ1) is 59.8. The van der Waals surface area contributed by atoms with Gasteiger partial charge in [-0.2, -0.15) is 0 Å². The highest BCUT2D eigenvalue weighted by Gasteiger charge is 2.35. The molecule has 0 aliphatic carbocycles. The van der Waals surface area contributed by atoms with Gasteiger partial charge in [0.15, 0.2) is 11.8 Å². The highest BCUT2D eigenvalue weighted by Crippen LogP contribution is 2.41. The van der Waals surface area contributed by atoms with Crippen LogP contribution in [-0.2, 0) is 35.2 Å². The Morgan fingerprint density at radius 3 is 2.21 bits per heavy atom. The molecule has 0 unspecified atom stereocenters. The van der Waals surface area contributed by atoms with E-state index < -0.39 is 72.2 Å². The summed E-state index contributed by atoms with van der Waals surface area (Å²) in [6, 6.07) is 9.65. The zero-order valence-corrected chi connectivity index (χ0v) is 51.2. The second-order valence-corrected chi connectivity index (χ2v) is 24.9. The molecule has 30 heteroatoms. The Bertz CT molecular complexity index is 3970. The second-order valence-electron chi connectivity index (χ2n) is 19.1. The molecule has 5 amide bonds. The number of esters is 2. The van der Waals surface area contributed by atoms with Crippen LogP contribution in [-0.4, -0.2) is 113 Å². The maximum Gasteiger partial charge on any atom is 0.358 e. The van der Waals surface area contributed by atoms with Crippen molar-refractivity contribution in [2.75, 3.05) is 27.3 Å². The number of fused-ring (bicyclic) bond motifs is 14. The zero-order valence-electron chi connectivity index (χ0n) is 46.3. The van der Waals surface area contributed by atoms with Gasteiger partial charge in [-0.3, -0.25) is 33.3 Å². The number of rotatable bonds is 12. The number of ether oxygens (including phenoxy) is 3. The molecule has 0 fully saturated rings. The second kappa shape index (κ2) is 26.3. The number of amides is 5. The SMILES string of the molecule is CCOC(=O)c1cn(-c2csc(-c3ccc4c(n3)-c3csc(n3)-c3csc(n3)[C@H]([C@@H](OC(C)=O)c3ccccc3)NC(=O)CNC(=O)c3nc(sc3COC)[C@@H](C(C)C)NC(=O)c3nc(sc3C)[C@H](CC(=O)NC)NC(=O)c3csc-4n3)n2)cn1. The summed E-state index contributed by atoms with van der Waals surface area (Å²) in [7, 11) is 2.94. The maximum atomic E-state index is 14.3. The predicted molar refractivity (Wildman–Crippen MR) is 320 cm³/mol. The van der Waals surface area contributed by atoms with Crippen molar-refractivity contribution in [3.05, 3.63) is 130 Å². The number of aromatic nitrogens is 9. The smallest absolute Gasteiger partial charge is 0.358 e. The van der Waals surface area contributed by atoms with Crippen LogP contribution in [0.3, 0.4) is 0 Å². The average molecular weight is 1260 g/mol. The van der Waals surface area contributed by atoms with E-state index in [1.165, 1.54) is 79.0 Å². The summed E-state index contributed by atoms with van der Waals surface area (Å²) in [4.78, 5) is 135. The minimum Gasteiger partial charge on any atom is -0.461 e. The number of benzene rings is 1. The van der Waals surface area contributed by atoms with Crippen LogP contribution in [0.15, 0.2) is 76.5 Å². The molecule has 0 spiro atoms. The third-order valence-electron chi connectivity index (χ3n) is 12.8. The summed E-state index contributed by atoms with van der Waals surface area (Å²) in [6.45, 7) is 8.09. The van der Waals surface area contributed by atoms with Gasteiger partial charge in [0.25, 0.3) is 17.7 Å². The van der Waals surface area contributed by atoms with Gasteiger partial charge in [-0.15, -0.1) is 68.0 Å². The van der Waals surface area contributed by atoms with Crippen molar-refractivity contribution in [1.82, 2.24) is 71.0 Å². The molecule has 0 saturated carbocycles. The summed E-state index contributed by atoms with van der Waals surface area (Å²) in [6.07, 6.45) is 1.70. The molecule has 10 rings (SSSR count). The minimum absolute atomic E-state index is 0.00965. The minimum atomic E-state index is -1.08. The molecular weight excluding hydrogens is 1210 g/mol. The third-order valence-corrected chi connectivity index (χ3v) is 18.5. The molecule has 0 saturated heterocycles. The summed E-state index contributed by atoms with van der Waals surface area (Å²) in [5, 5.41) is 23.6. The van der Waals surface area contributed by atoms with Crippen LogP contribution in [0.5, 0.6) is 0 Å². The number of carbonyl (C=O) groups is 7. The zero-order chi connectivity index (χ0) is 60.1. The van der Waals surface area contributed by atoms with E-state index in [0.29, 0.717) is 79.5 Å². The number of imidazole rings is 1. The van der Waals surface area contributed by atoms with Crippen molar-refractivity contribution in [1.29, 1.82) is 0 Å². The van der Waals surface area contributed by atoms with Gasteiger partial charge in [0, 0.05) is 59.2 Å². The van der Waals surface area contributed by atoms with Gasteiger partial charge in [0.2, 0.25) is 11.8 Å². The van der Waals surface area contributed by atoms with Crippen molar-refractivity contribution in [2.24, 2.45) is 5.92 Å². The van der Waals surface area contributed by atoms with Gasteiger partial charge in [0.1, 0.15) is 82.4 Å². The number of nitrogens with one attached hydrogen (secondary N) is 5. The van der Waals surface area contributed by atoms with Crippen molar-refractivity contribution in [2.45, 2.75) is 71.9 Å². The molecule has 438 valence electrons. The largest absolute Gasteiger partial charge is 0.461 e. The fraction of sp³-hybridized carbons (Fsp3) is 0.291. The first-order valence-corrected chi connectivity index (χ1v) is 31.3. The lowest BCUT2D eigenvalue weighted by Crippen LogP contribution is -2.41. The van der Waals surface area contributed by atoms with E-state index in [4.69, 9.17) is 49.1 Å². The molecule has 8 aromatic heterocycles. The molecule has 0 radical (unpaired) electrons. The molecule has 1 aromatic carbocycles. The van der Waals surface area contributed by atoms with Crippen LogP contribution < -0.4 is 26.6 Å². The van der Waals surface area contributed by atoms with Crippen LogP contribution in [0, 0.1) is 12.8 Å². The number of hydrogen-bond acceptors (Lipinski definition) is 24. The van der Waals surface area contributed by atoms with Gasteiger partial charge in [-0.1, -0.05) is 44.2 Å². The molecule has 1 aliphatic heterocycles. The summed E-state index contributed by atoms with van der Waals surface area (Å²) in [5.74, 6) is -3.87. The van der Waals surface area contributed by atoms with E-state index in [1.54, 1.807) is 82.4 Å². The van der Waals surface area contributed by atoms with Gasteiger partial charge in [-0.05, 0) is 37.5 Å². The molecule has 9 aromatic rings. The summed E-state index contributed by atoms with van der Waals surface area (Å²) < 4.78 is 18.1. The monoisotopic (exact) mass is 1260 g/mol. The highest BCUT2D eigenvalue weighted by atomic mass is 32.1. The highest BCUT2D eigenvalue weighted by molar-refractivity contribution is 7.15. The number of aryl methyl sites for hydroxylation is 1. The Balaban J connectivity index is 1.07. The predicted octanol–water partition coefficient (Wildman–Crippen LogP) is 8.25. The van der Waals surface area contributed by atoms with E-state index in [1.807, 2.05) is 13.8 Å².